The van der Waals surface area contributed by atoms with E-state index in [1.807, 2.05) is 62.4 Å². The van der Waals surface area contributed by atoms with Crippen LogP contribution in [0, 0.1) is 6.92 Å². The Kier molecular flexibility index (Phi) is 3.60. The molecule has 2 aromatic carbocycles. The van der Waals surface area contributed by atoms with Crippen molar-refractivity contribution in [3.05, 3.63) is 65.9 Å². The molecule has 2 nitrogen and oxygen atoms in total. The Morgan fingerprint density at radius 2 is 1.91 bits per heavy atom. The minimum atomic E-state index is 0.259. The summed E-state index contributed by atoms with van der Waals surface area (Å²) in [4.78, 5) is 0. The Morgan fingerprint density at radius 3 is 2.55 bits per heavy atom. The number of furan rings is 1. The first-order valence-electron chi connectivity index (χ1n) is 7.27. The van der Waals surface area contributed by atoms with E-state index in [0.29, 0.717) is 5.58 Å². The van der Waals surface area contributed by atoms with Crippen LogP contribution < -0.4 is 0 Å². The van der Waals surface area contributed by atoms with Gasteiger partial charge >= 0.3 is 0 Å². The van der Waals surface area contributed by atoms with Crippen molar-refractivity contribution in [3.8, 4) is 16.9 Å². The molecule has 1 heterocycles. The maximum Gasteiger partial charge on any atom is 0.146 e. The second-order valence-electron chi connectivity index (χ2n) is 5.24. The zero-order valence-electron chi connectivity index (χ0n) is 12.8. The fraction of sp³-hybridized carbons (Fsp3) is 0.100. The molecule has 0 saturated heterocycles. The largest absolute Gasteiger partial charge is 0.507 e. The number of phenols is 1. The molecule has 0 unspecified atom stereocenters. The Hall–Kier alpha value is -2.74. The van der Waals surface area contributed by atoms with Gasteiger partial charge in [-0.15, -0.1) is 0 Å². The maximum atomic E-state index is 10.5. The van der Waals surface area contributed by atoms with E-state index in [1.54, 1.807) is 6.08 Å². The Morgan fingerprint density at radius 1 is 1.18 bits per heavy atom. The van der Waals surface area contributed by atoms with Crippen LogP contribution in [0.15, 0.2) is 53.5 Å². The van der Waals surface area contributed by atoms with Gasteiger partial charge in [-0.05, 0) is 37.1 Å². The second kappa shape index (κ2) is 5.57. The second-order valence-corrected chi connectivity index (χ2v) is 5.24. The number of hydrogen-bond donors (Lipinski definition) is 1. The van der Waals surface area contributed by atoms with Crippen LogP contribution in [-0.2, 0) is 0 Å². The molecule has 0 spiro atoms. The molecule has 0 amide bonds. The lowest BCUT2D eigenvalue weighted by molar-refractivity contribution is 0.472. The van der Waals surface area contributed by atoms with Crippen molar-refractivity contribution in [2.45, 2.75) is 13.8 Å². The van der Waals surface area contributed by atoms with E-state index in [0.717, 1.165) is 33.4 Å². The van der Waals surface area contributed by atoms with Gasteiger partial charge in [0.1, 0.15) is 17.1 Å². The summed E-state index contributed by atoms with van der Waals surface area (Å²) in [7, 11) is 0. The zero-order valence-corrected chi connectivity index (χ0v) is 12.8. The van der Waals surface area contributed by atoms with Gasteiger partial charge < -0.3 is 9.52 Å². The number of benzene rings is 2. The fourth-order valence-electron chi connectivity index (χ4n) is 2.76. The summed E-state index contributed by atoms with van der Waals surface area (Å²) in [5.74, 6) is 0.977. The van der Waals surface area contributed by atoms with E-state index in [4.69, 9.17) is 4.42 Å². The molecule has 1 aromatic heterocycles. The van der Waals surface area contributed by atoms with Crippen molar-refractivity contribution >= 4 is 23.1 Å². The number of aromatic hydroxyl groups is 1. The first kappa shape index (κ1) is 14.2. The van der Waals surface area contributed by atoms with Gasteiger partial charge in [0, 0.05) is 10.9 Å². The van der Waals surface area contributed by atoms with Crippen LogP contribution in [0.4, 0.5) is 0 Å². The predicted molar refractivity (Wildman–Crippen MR) is 92.9 cm³/mol. The summed E-state index contributed by atoms with van der Waals surface area (Å²) in [5.41, 5.74) is 4.18. The third-order valence-corrected chi connectivity index (χ3v) is 3.79. The summed E-state index contributed by atoms with van der Waals surface area (Å²) in [6, 6.07) is 11.8. The molecular formula is C20H18O2. The van der Waals surface area contributed by atoms with E-state index in [1.165, 1.54) is 0 Å². The highest BCUT2D eigenvalue weighted by atomic mass is 16.3. The topological polar surface area (TPSA) is 33.4 Å². The van der Waals surface area contributed by atoms with Crippen molar-refractivity contribution in [1.82, 2.24) is 0 Å². The average Bonchev–Trinajstić information content (AvgIpc) is 2.87. The molecule has 110 valence electrons. The molecule has 3 aromatic rings. The van der Waals surface area contributed by atoms with Gasteiger partial charge in [0.25, 0.3) is 0 Å². The molecule has 2 heteroatoms. The maximum absolute atomic E-state index is 10.5. The Balaban J connectivity index is 2.46. The quantitative estimate of drug-likeness (QED) is 0.662. The van der Waals surface area contributed by atoms with Crippen LogP contribution >= 0.6 is 0 Å². The van der Waals surface area contributed by atoms with Crippen molar-refractivity contribution < 1.29 is 9.52 Å². The van der Waals surface area contributed by atoms with Gasteiger partial charge in [-0.1, -0.05) is 49.1 Å². The molecule has 0 atom stereocenters. The third-order valence-electron chi connectivity index (χ3n) is 3.79. The molecule has 1 N–H and O–H groups in total. The normalized spacial score (nSPS) is 11.4. The van der Waals surface area contributed by atoms with Crippen LogP contribution in [0.2, 0.25) is 0 Å². The first-order chi connectivity index (χ1) is 10.7. The summed E-state index contributed by atoms with van der Waals surface area (Å²) >= 11 is 0. The number of rotatable bonds is 3. The molecular weight excluding hydrogens is 272 g/mol. The minimum Gasteiger partial charge on any atom is -0.507 e. The molecule has 0 fully saturated rings. The van der Waals surface area contributed by atoms with E-state index in [2.05, 4.69) is 6.58 Å². The smallest absolute Gasteiger partial charge is 0.146 e. The Labute approximate surface area is 130 Å². The van der Waals surface area contributed by atoms with Gasteiger partial charge in [-0.3, -0.25) is 0 Å². The number of hydrogen-bond acceptors (Lipinski definition) is 2. The van der Waals surface area contributed by atoms with Crippen molar-refractivity contribution in [2.24, 2.45) is 0 Å². The lowest BCUT2D eigenvalue weighted by atomic mass is 9.97. The fourth-order valence-corrected chi connectivity index (χ4v) is 2.76. The molecule has 0 bridgehead atoms. The van der Waals surface area contributed by atoms with E-state index >= 15 is 0 Å². The number of aryl methyl sites for hydroxylation is 1. The molecule has 0 aliphatic rings. The van der Waals surface area contributed by atoms with Crippen LogP contribution in [-0.4, -0.2) is 5.11 Å². The number of fused-ring (bicyclic) bond motifs is 1. The van der Waals surface area contributed by atoms with Crippen molar-refractivity contribution in [1.29, 1.82) is 0 Å². The van der Waals surface area contributed by atoms with Gasteiger partial charge in [0.15, 0.2) is 0 Å². The first-order valence-corrected chi connectivity index (χ1v) is 7.27. The van der Waals surface area contributed by atoms with Crippen molar-refractivity contribution in [2.75, 3.05) is 0 Å². The highest BCUT2D eigenvalue weighted by Crippen LogP contribution is 2.42. The van der Waals surface area contributed by atoms with E-state index in [9.17, 15) is 5.11 Å². The monoisotopic (exact) mass is 290 g/mol. The summed E-state index contributed by atoms with van der Waals surface area (Å²) in [6.07, 6.45) is 5.69. The third kappa shape index (κ3) is 2.13. The lowest BCUT2D eigenvalue weighted by Crippen LogP contribution is -1.84. The SMILES string of the molecule is C=Cc1oc2c(-c3ccccc3)c(O)c(C)cc2c1/C=C\C. The van der Waals surface area contributed by atoms with Gasteiger partial charge in [0.2, 0.25) is 0 Å². The van der Waals surface area contributed by atoms with Crippen molar-refractivity contribution in [3.63, 3.8) is 0 Å². The predicted octanol–water partition coefficient (Wildman–Crippen LogP) is 5.79. The standard InChI is InChI=1S/C20H18O2/c1-4-9-15-16-12-13(3)19(21)18(14-10-7-6-8-11-14)20(16)22-17(15)5-2/h4-12,21H,2H2,1,3H3/b9-4-. The highest BCUT2D eigenvalue weighted by Gasteiger charge is 2.19. The number of phenolic OH excluding ortho intramolecular Hbond substituents is 1. The van der Waals surface area contributed by atoms with Gasteiger partial charge in [-0.25, -0.2) is 0 Å². The molecule has 0 aliphatic carbocycles. The molecule has 0 radical (unpaired) electrons. The Bertz CT molecular complexity index is 868. The minimum absolute atomic E-state index is 0.259. The lowest BCUT2D eigenvalue weighted by Gasteiger charge is -2.08. The average molecular weight is 290 g/mol. The molecule has 0 aliphatic heterocycles. The molecule has 22 heavy (non-hydrogen) atoms. The number of allylic oxidation sites excluding steroid dienone is 1. The molecule has 3 rings (SSSR count). The van der Waals surface area contributed by atoms with Gasteiger partial charge in [0.05, 0.1) is 5.56 Å². The highest BCUT2D eigenvalue weighted by molar-refractivity contribution is 6.02. The summed E-state index contributed by atoms with van der Waals surface area (Å²) in [5, 5.41) is 11.5. The zero-order chi connectivity index (χ0) is 15.7. The van der Waals surface area contributed by atoms with E-state index < -0.39 is 0 Å². The summed E-state index contributed by atoms with van der Waals surface area (Å²) in [6.45, 7) is 7.70. The summed E-state index contributed by atoms with van der Waals surface area (Å²) < 4.78 is 5.99. The van der Waals surface area contributed by atoms with Crippen LogP contribution in [0.3, 0.4) is 0 Å². The van der Waals surface area contributed by atoms with Crippen LogP contribution in [0.1, 0.15) is 23.8 Å². The van der Waals surface area contributed by atoms with Gasteiger partial charge in [-0.2, -0.15) is 0 Å². The molecule has 0 saturated carbocycles. The van der Waals surface area contributed by atoms with Crippen LogP contribution in [0.25, 0.3) is 34.2 Å². The van der Waals surface area contributed by atoms with Crippen LogP contribution in [0.5, 0.6) is 5.75 Å². The van der Waals surface area contributed by atoms with E-state index in [-0.39, 0.29) is 5.75 Å².